The summed E-state index contributed by atoms with van der Waals surface area (Å²) in [5.41, 5.74) is 0. The minimum Gasteiger partial charge on any atom is -0.354 e. The lowest BCUT2D eigenvalue weighted by molar-refractivity contribution is -0.121. The lowest BCUT2D eigenvalue weighted by atomic mass is 10.1. The zero-order valence-corrected chi connectivity index (χ0v) is 10.9. The Hall–Kier alpha value is -0.790. The number of amides is 1. The Bertz CT molecular complexity index is 189. The molecule has 0 aliphatic rings. The molecular weight excluding hydrogens is 198 g/mol. The Morgan fingerprint density at radius 2 is 2.06 bits per heavy atom. The molecule has 1 atom stereocenters. The topological polar surface area (TPSA) is 29.1 Å². The summed E-state index contributed by atoms with van der Waals surface area (Å²) in [6.07, 6.45) is 10.4. The van der Waals surface area contributed by atoms with Gasteiger partial charge < -0.3 is 5.32 Å². The highest BCUT2D eigenvalue weighted by atomic mass is 16.1. The van der Waals surface area contributed by atoms with Gasteiger partial charge in [-0.05, 0) is 32.6 Å². The molecule has 0 aromatic rings. The summed E-state index contributed by atoms with van der Waals surface area (Å²) in [5, 5.41) is 3.05. The van der Waals surface area contributed by atoms with E-state index in [-0.39, 0.29) is 5.91 Å². The van der Waals surface area contributed by atoms with Crippen LogP contribution in [0.4, 0.5) is 0 Å². The smallest absolute Gasteiger partial charge is 0.220 e. The van der Waals surface area contributed by atoms with E-state index in [1.54, 1.807) is 0 Å². The normalized spacial score (nSPS) is 12.1. The van der Waals surface area contributed by atoms with Crippen LogP contribution in [0.2, 0.25) is 0 Å². The van der Waals surface area contributed by atoms with E-state index in [0.29, 0.717) is 12.5 Å². The summed E-state index contributed by atoms with van der Waals surface area (Å²) in [5.74, 6) is 0.202. The average molecular weight is 225 g/mol. The Kier molecular flexibility index (Phi) is 10.2. The molecule has 0 aromatic heterocycles. The lowest BCUT2D eigenvalue weighted by Gasteiger charge is -2.13. The van der Waals surface area contributed by atoms with Gasteiger partial charge in [-0.25, -0.2) is 0 Å². The van der Waals surface area contributed by atoms with E-state index in [9.17, 15) is 4.79 Å². The van der Waals surface area contributed by atoms with Gasteiger partial charge in [0.1, 0.15) is 0 Å². The summed E-state index contributed by atoms with van der Waals surface area (Å²) in [6, 6.07) is 0.332. The molecule has 16 heavy (non-hydrogen) atoms. The zero-order valence-electron chi connectivity index (χ0n) is 10.9. The number of nitrogens with one attached hydrogen (secondary N) is 1. The number of carbonyl (C=O) groups excluding carboxylic acids is 1. The molecule has 0 radical (unpaired) electrons. The number of carbonyl (C=O) groups is 1. The predicted octanol–water partition coefficient (Wildman–Crippen LogP) is 3.82. The van der Waals surface area contributed by atoms with Gasteiger partial charge in [-0.2, -0.15) is 0 Å². The van der Waals surface area contributed by atoms with Crippen molar-refractivity contribution in [2.75, 3.05) is 0 Å². The van der Waals surface area contributed by atoms with Gasteiger partial charge in [0.2, 0.25) is 5.91 Å². The van der Waals surface area contributed by atoms with Crippen LogP contribution < -0.4 is 5.32 Å². The lowest BCUT2D eigenvalue weighted by Crippen LogP contribution is -2.32. The number of rotatable bonds is 10. The van der Waals surface area contributed by atoms with Crippen molar-refractivity contribution < 1.29 is 4.79 Å². The molecule has 94 valence electrons. The van der Waals surface area contributed by atoms with Gasteiger partial charge in [0, 0.05) is 12.5 Å². The Morgan fingerprint density at radius 1 is 1.31 bits per heavy atom. The van der Waals surface area contributed by atoms with Gasteiger partial charge in [0.15, 0.2) is 0 Å². The van der Waals surface area contributed by atoms with Gasteiger partial charge >= 0.3 is 0 Å². The van der Waals surface area contributed by atoms with Gasteiger partial charge in [0.25, 0.3) is 0 Å². The molecule has 0 rings (SSSR count). The molecule has 1 unspecified atom stereocenters. The number of hydrogen-bond acceptors (Lipinski definition) is 1. The molecule has 0 aliphatic heterocycles. The van der Waals surface area contributed by atoms with Gasteiger partial charge in [-0.3, -0.25) is 4.79 Å². The predicted molar refractivity (Wildman–Crippen MR) is 70.4 cm³/mol. The summed E-state index contributed by atoms with van der Waals surface area (Å²) in [4.78, 5) is 11.5. The standard InChI is InChI=1S/C14H27NO/c1-4-6-8-10-12-14(16)15-13(3)11-9-7-5-2/h4,13H,1,5-12H2,2-3H3,(H,15,16). The van der Waals surface area contributed by atoms with Gasteiger partial charge in [0.05, 0.1) is 0 Å². The largest absolute Gasteiger partial charge is 0.354 e. The summed E-state index contributed by atoms with van der Waals surface area (Å²) in [6.45, 7) is 7.96. The highest BCUT2D eigenvalue weighted by Gasteiger charge is 2.06. The van der Waals surface area contributed by atoms with Crippen LogP contribution in [0.15, 0.2) is 12.7 Å². The second kappa shape index (κ2) is 10.7. The monoisotopic (exact) mass is 225 g/mol. The van der Waals surface area contributed by atoms with Crippen LogP contribution in [-0.4, -0.2) is 11.9 Å². The molecule has 0 saturated heterocycles. The third kappa shape index (κ3) is 9.75. The average Bonchev–Trinajstić information content (AvgIpc) is 2.25. The third-order valence-corrected chi connectivity index (χ3v) is 2.71. The van der Waals surface area contributed by atoms with E-state index < -0.39 is 0 Å². The third-order valence-electron chi connectivity index (χ3n) is 2.71. The van der Waals surface area contributed by atoms with Crippen molar-refractivity contribution in [2.45, 2.75) is 71.3 Å². The Balaban J connectivity index is 3.42. The molecule has 0 aliphatic carbocycles. The fourth-order valence-electron chi connectivity index (χ4n) is 1.69. The van der Waals surface area contributed by atoms with Gasteiger partial charge in [-0.1, -0.05) is 32.3 Å². The Labute approximate surface area is 101 Å². The van der Waals surface area contributed by atoms with Gasteiger partial charge in [-0.15, -0.1) is 6.58 Å². The molecule has 0 spiro atoms. The van der Waals surface area contributed by atoms with Crippen LogP contribution in [0.5, 0.6) is 0 Å². The highest BCUT2D eigenvalue weighted by molar-refractivity contribution is 5.76. The molecule has 0 fully saturated rings. The molecule has 0 saturated carbocycles. The van der Waals surface area contributed by atoms with E-state index in [1.807, 2.05) is 6.08 Å². The van der Waals surface area contributed by atoms with E-state index >= 15 is 0 Å². The molecule has 2 nitrogen and oxygen atoms in total. The van der Waals surface area contributed by atoms with E-state index in [0.717, 1.165) is 25.7 Å². The first-order chi connectivity index (χ1) is 7.70. The van der Waals surface area contributed by atoms with Crippen molar-refractivity contribution in [2.24, 2.45) is 0 Å². The molecule has 1 N–H and O–H groups in total. The first-order valence-electron chi connectivity index (χ1n) is 6.61. The summed E-state index contributed by atoms with van der Waals surface area (Å²) >= 11 is 0. The fraction of sp³-hybridized carbons (Fsp3) is 0.786. The van der Waals surface area contributed by atoms with E-state index in [1.165, 1.54) is 19.3 Å². The van der Waals surface area contributed by atoms with E-state index in [2.05, 4.69) is 25.7 Å². The van der Waals surface area contributed by atoms with Crippen LogP contribution in [0, 0.1) is 0 Å². The molecule has 2 heteroatoms. The van der Waals surface area contributed by atoms with Crippen LogP contribution in [0.3, 0.4) is 0 Å². The highest BCUT2D eigenvalue weighted by Crippen LogP contribution is 2.04. The molecule has 0 heterocycles. The molecule has 0 aromatic carbocycles. The summed E-state index contributed by atoms with van der Waals surface area (Å²) < 4.78 is 0. The summed E-state index contributed by atoms with van der Waals surface area (Å²) in [7, 11) is 0. The molecule has 1 amide bonds. The van der Waals surface area contributed by atoms with Crippen LogP contribution in [0.1, 0.15) is 65.2 Å². The Morgan fingerprint density at radius 3 is 2.69 bits per heavy atom. The van der Waals surface area contributed by atoms with Crippen LogP contribution in [-0.2, 0) is 4.79 Å². The number of hydrogen-bond donors (Lipinski definition) is 1. The second-order valence-electron chi connectivity index (χ2n) is 4.50. The second-order valence-corrected chi connectivity index (χ2v) is 4.50. The van der Waals surface area contributed by atoms with Crippen LogP contribution >= 0.6 is 0 Å². The number of unbranched alkanes of at least 4 members (excludes halogenated alkanes) is 4. The minimum absolute atomic E-state index is 0.202. The van der Waals surface area contributed by atoms with Crippen molar-refractivity contribution in [1.82, 2.24) is 5.32 Å². The van der Waals surface area contributed by atoms with Crippen molar-refractivity contribution in [3.05, 3.63) is 12.7 Å². The minimum atomic E-state index is 0.202. The quantitative estimate of drug-likeness (QED) is 0.444. The van der Waals surface area contributed by atoms with Crippen LogP contribution in [0.25, 0.3) is 0 Å². The number of allylic oxidation sites excluding steroid dienone is 1. The fourth-order valence-corrected chi connectivity index (χ4v) is 1.69. The van der Waals surface area contributed by atoms with Crippen molar-refractivity contribution in [3.8, 4) is 0 Å². The SMILES string of the molecule is C=CCCCCC(=O)NC(C)CCCCC. The zero-order chi connectivity index (χ0) is 12.2. The maximum Gasteiger partial charge on any atom is 0.220 e. The maximum absolute atomic E-state index is 11.5. The van der Waals surface area contributed by atoms with Crippen molar-refractivity contribution in [1.29, 1.82) is 0 Å². The maximum atomic E-state index is 11.5. The molecular formula is C14H27NO. The first kappa shape index (κ1) is 15.2. The van der Waals surface area contributed by atoms with E-state index in [4.69, 9.17) is 0 Å². The van der Waals surface area contributed by atoms with Crippen molar-refractivity contribution >= 4 is 5.91 Å². The molecule has 0 bridgehead atoms. The van der Waals surface area contributed by atoms with Crippen molar-refractivity contribution in [3.63, 3.8) is 0 Å². The first-order valence-corrected chi connectivity index (χ1v) is 6.61.